The summed E-state index contributed by atoms with van der Waals surface area (Å²) in [6, 6.07) is 15.6. The fourth-order valence-electron chi connectivity index (χ4n) is 2.24. The topological polar surface area (TPSA) is 82.6 Å². The molecule has 0 unspecified atom stereocenters. The lowest BCUT2D eigenvalue weighted by Gasteiger charge is -2.04. The highest BCUT2D eigenvalue weighted by Crippen LogP contribution is 2.02. The third-order valence-electron chi connectivity index (χ3n) is 3.55. The molecule has 0 amide bonds. The molecule has 1 aromatic heterocycles. The van der Waals surface area contributed by atoms with Crippen LogP contribution in [0.2, 0.25) is 0 Å². The first-order valence-corrected chi connectivity index (χ1v) is 9.37. The number of aromatic nitrogens is 1. The van der Waals surface area contributed by atoms with Gasteiger partial charge in [0.1, 0.15) is 11.9 Å². The zero-order valence-corrected chi connectivity index (χ0v) is 14.4. The second kappa shape index (κ2) is 8.56. The summed E-state index contributed by atoms with van der Waals surface area (Å²) in [7, 11) is -3.89. The van der Waals surface area contributed by atoms with Gasteiger partial charge in [-0.15, -0.1) is 4.68 Å². The SMILES string of the molecule is CC(=NN[n+]1ccccc1CCCCS(=O)(=O)O)c1ccccc1. The van der Waals surface area contributed by atoms with Gasteiger partial charge in [0, 0.05) is 24.0 Å². The number of unbranched alkanes of at least 4 members (excludes halogenated alkanes) is 1. The average Bonchev–Trinajstić information content (AvgIpc) is 2.57. The molecule has 0 aliphatic carbocycles. The van der Waals surface area contributed by atoms with Crippen LogP contribution in [0.4, 0.5) is 0 Å². The maximum absolute atomic E-state index is 10.7. The summed E-state index contributed by atoms with van der Waals surface area (Å²) in [6.45, 7) is 1.93. The predicted octanol–water partition coefficient (Wildman–Crippen LogP) is 2.15. The van der Waals surface area contributed by atoms with Crippen molar-refractivity contribution in [2.75, 3.05) is 11.3 Å². The van der Waals surface area contributed by atoms with E-state index in [1.165, 1.54) is 0 Å². The van der Waals surface area contributed by atoms with Crippen molar-refractivity contribution in [1.29, 1.82) is 0 Å². The Kier molecular flexibility index (Phi) is 6.45. The average molecular weight is 348 g/mol. The molecule has 0 aliphatic heterocycles. The number of rotatable bonds is 8. The maximum Gasteiger partial charge on any atom is 0.264 e. The third-order valence-corrected chi connectivity index (χ3v) is 4.35. The second-order valence-electron chi connectivity index (χ2n) is 5.47. The van der Waals surface area contributed by atoms with Crippen molar-refractivity contribution in [2.24, 2.45) is 5.10 Å². The molecule has 0 fully saturated rings. The van der Waals surface area contributed by atoms with Crippen LogP contribution in [0.15, 0.2) is 59.8 Å². The van der Waals surface area contributed by atoms with Crippen LogP contribution in [0.3, 0.4) is 0 Å². The number of aryl methyl sites for hydroxylation is 1. The van der Waals surface area contributed by atoms with Crippen LogP contribution < -0.4 is 10.2 Å². The van der Waals surface area contributed by atoms with E-state index in [9.17, 15) is 8.42 Å². The van der Waals surface area contributed by atoms with E-state index in [0.29, 0.717) is 19.3 Å². The summed E-state index contributed by atoms with van der Waals surface area (Å²) in [5.74, 6) is -0.210. The first kappa shape index (κ1) is 18.1. The van der Waals surface area contributed by atoms with Crippen LogP contribution in [-0.4, -0.2) is 24.4 Å². The number of pyridine rings is 1. The van der Waals surface area contributed by atoms with Gasteiger partial charge in [-0.25, -0.2) is 0 Å². The standard InChI is InChI=1S/C17H21N3O3S/c1-15(16-9-3-2-4-10-16)18-19-20-13-7-5-11-17(20)12-6-8-14-24(21,22)23/h2-5,7,9-11,13,19H,6,8,12,14H2,1H3/p+1. The normalized spacial score (nSPS) is 12.2. The molecule has 0 saturated heterocycles. The number of benzene rings is 1. The van der Waals surface area contributed by atoms with Gasteiger partial charge in [-0.3, -0.25) is 4.55 Å². The number of nitrogens with zero attached hydrogens (tertiary/aromatic N) is 2. The Hall–Kier alpha value is -2.25. The highest BCUT2D eigenvalue weighted by atomic mass is 32.2. The molecule has 0 saturated carbocycles. The van der Waals surface area contributed by atoms with E-state index < -0.39 is 10.1 Å². The molecule has 7 heteroatoms. The molecule has 0 spiro atoms. The molecular weight excluding hydrogens is 326 g/mol. The quantitative estimate of drug-likeness (QED) is 0.252. The minimum absolute atomic E-state index is 0.210. The molecule has 2 N–H and O–H groups in total. The molecule has 1 heterocycles. The first-order valence-electron chi connectivity index (χ1n) is 7.76. The van der Waals surface area contributed by atoms with Crippen molar-refractivity contribution in [3.05, 3.63) is 66.0 Å². The van der Waals surface area contributed by atoms with Crippen LogP contribution in [0, 0.1) is 0 Å². The summed E-state index contributed by atoms with van der Waals surface area (Å²) in [6.07, 6.45) is 3.62. The van der Waals surface area contributed by atoms with Gasteiger partial charge in [0.25, 0.3) is 10.1 Å². The molecule has 24 heavy (non-hydrogen) atoms. The Morgan fingerprint density at radius 2 is 1.83 bits per heavy atom. The molecule has 6 nitrogen and oxygen atoms in total. The largest absolute Gasteiger partial charge is 0.286 e. The molecule has 2 rings (SSSR count). The molecular formula is C17H22N3O3S+. The molecule has 0 bridgehead atoms. The molecule has 2 aromatic rings. The Morgan fingerprint density at radius 1 is 1.12 bits per heavy atom. The van der Waals surface area contributed by atoms with Gasteiger partial charge in [-0.1, -0.05) is 41.9 Å². The first-order chi connectivity index (χ1) is 11.5. The van der Waals surface area contributed by atoms with Crippen LogP contribution in [0.1, 0.15) is 31.0 Å². The lowest BCUT2D eigenvalue weighted by molar-refractivity contribution is -0.658. The number of nitrogens with one attached hydrogen (secondary N) is 1. The zero-order valence-electron chi connectivity index (χ0n) is 13.6. The van der Waals surface area contributed by atoms with E-state index in [-0.39, 0.29) is 5.75 Å². The molecule has 0 radical (unpaired) electrons. The van der Waals surface area contributed by atoms with Crippen LogP contribution in [0.5, 0.6) is 0 Å². The molecule has 0 aliphatic rings. The minimum Gasteiger partial charge on any atom is -0.286 e. The van der Waals surface area contributed by atoms with Crippen LogP contribution in [0.25, 0.3) is 0 Å². The van der Waals surface area contributed by atoms with Gasteiger partial charge in [0.05, 0.1) is 5.75 Å². The predicted molar refractivity (Wildman–Crippen MR) is 94.0 cm³/mol. The van der Waals surface area contributed by atoms with Crippen molar-refractivity contribution in [2.45, 2.75) is 26.2 Å². The third kappa shape index (κ3) is 6.10. The molecule has 0 atom stereocenters. The van der Waals surface area contributed by atoms with Gasteiger partial charge in [-0.2, -0.15) is 8.42 Å². The maximum atomic E-state index is 10.7. The van der Waals surface area contributed by atoms with E-state index >= 15 is 0 Å². The van der Waals surface area contributed by atoms with Crippen LogP contribution in [-0.2, 0) is 16.5 Å². The van der Waals surface area contributed by atoms with Crippen LogP contribution >= 0.6 is 0 Å². The smallest absolute Gasteiger partial charge is 0.264 e. The van der Waals surface area contributed by atoms with Crippen molar-refractivity contribution >= 4 is 15.8 Å². The fraction of sp³-hybridized carbons (Fsp3) is 0.294. The van der Waals surface area contributed by atoms with Crippen molar-refractivity contribution in [3.8, 4) is 0 Å². The number of hydrogen-bond donors (Lipinski definition) is 2. The number of hydrogen-bond acceptors (Lipinski definition) is 4. The van der Waals surface area contributed by atoms with Crippen molar-refractivity contribution in [3.63, 3.8) is 0 Å². The summed E-state index contributed by atoms with van der Waals surface area (Å²) >= 11 is 0. The van der Waals surface area contributed by atoms with Crippen molar-refractivity contribution in [1.82, 2.24) is 0 Å². The lowest BCUT2D eigenvalue weighted by atomic mass is 10.1. The fourth-order valence-corrected chi connectivity index (χ4v) is 2.81. The Bertz CT molecular complexity index is 790. The van der Waals surface area contributed by atoms with E-state index in [4.69, 9.17) is 4.55 Å². The van der Waals surface area contributed by atoms with E-state index in [0.717, 1.165) is 17.0 Å². The number of hydrazone groups is 1. The van der Waals surface area contributed by atoms with Crippen molar-refractivity contribution < 1.29 is 17.6 Å². The van der Waals surface area contributed by atoms with Gasteiger partial charge >= 0.3 is 0 Å². The van der Waals surface area contributed by atoms with Gasteiger partial charge in [0.15, 0.2) is 5.71 Å². The van der Waals surface area contributed by atoms with E-state index in [1.54, 1.807) is 4.68 Å². The minimum atomic E-state index is -3.89. The monoisotopic (exact) mass is 348 g/mol. The summed E-state index contributed by atoms with van der Waals surface area (Å²) < 4.78 is 32.0. The van der Waals surface area contributed by atoms with E-state index in [2.05, 4.69) is 10.6 Å². The van der Waals surface area contributed by atoms with Gasteiger partial charge in [0.2, 0.25) is 0 Å². The second-order valence-corrected chi connectivity index (χ2v) is 7.04. The highest BCUT2D eigenvalue weighted by molar-refractivity contribution is 7.85. The highest BCUT2D eigenvalue weighted by Gasteiger charge is 2.09. The summed E-state index contributed by atoms with van der Waals surface area (Å²) in [5.41, 5.74) is 5.89. The molecule has 128 valence electrons. The van der Waals surface area contributed by atoms with Gasteiger partial charge < -0.3 is 0 Å². The zero-order chi connectivity index (χ0) is 17.4. The summed E-state index contributed by atoms with van der Waals surface area (Å²) in [5, 5.41) is 4.39. The Balaban J connectivity index is 1.98. The summed E-state index contributed by atoms with van der Waals surface area (Å²) in [4.78, 5) is 0. The molecule has 1 aromatic carbocycles. The van der Waals surface area contributed by atoms with E-state index in [1.807, 2.05) is 61.7 Å². The Labute approximate surface area is 142 Å². The Morgan fingerprint density at radius 3 is 2.54 bits per heavy atom. The lowest BCUT2D eigenvalue weighted by Crippen LogP contribution is -2.46. The van der Waals surface area contributed by atoms with Gasteiger partial charge in [-0.05, 0) is 25.0 Å².